The minimum atomic E-state index is -2.87. The number of hydrogen-bond acceptors (Lipinski definition) is 5. The van der Waals surface area contributed by atoms with Crippen molar-refractivity contribution < 1.29 is 28.7 Å². The highest BCUT2D eigenvalue weighted by molar-refractivity contribution is 7.32. The molecule has 1 heterocycles. The van der Waals surface area contributed by atoms with Crippen LogP contribution < -0.4 is 0 Å². The Morgan fingerprint density at radius 2 is 1.75 bits per heavy atom. The van der Waals surface area contributed by atoms with E-state index in [1.807, 2.05) is 0 Å². The van der Waals surface area contributed by atoms with Gasteiger partial charge in [0, 0.05) is 17.5 Å². The summed E-state index contributed by atoms with van der Waals surface area (Å²) in [6.45, 7) is 0.120. The zero-order chi connectivity index (χ0) is 14.7. The summed E-state index contributed by atoms with van der Waals surface area (Å²) in [4.78, 5) is 33.5. The molecule has 7 nitrogen and oxygen atoms in total. The third-order valence-electron chi connectivity index (χ3n) is 2.92. The normalized spacial score (nSPS) is 16.3. The lowest BCUT2D eigenvalue weighted by Crippen LogP contribution is -2.31. The number of aliphatic hydroxyl groups is 1. The summed E-state index contributed by atoms with van der Waals surface area (Å²) in [6.07, 6.45) is -1.07. The zero-order valence-corrected chi connectivity index (χ0v) is 11.3. The first-order valence-electron chi connectivity index (χ1n) is 5.97. The largest absolute Gasteiger partial charge is 0.697 e. The molecule has 0 fully saturated rings. The second kappa shape index (κ2) is 6.19. The van der Waals surface area contributed by atoms with E-state index < -0.39 is 14.5 Å². The Kier molecular flexibility index (Phi) is 4.57. The predicted molar refractivity (Wildman–Crippen MR) is 68.0 cm³/mol. The van der Waals surface area contributed by atoms with Gasteiger partial charge in [0.05, 0.1) is 11.1 Å². The van der Waals surface area contributed by atoms with E-state index in [1.54, 1.807) is 24.3 Å². The Morgan fingerprint density at radius 3 is 2.25 bits per heavy atom. The molecular formula is C12H13NO6P+. The highest BCUT2D eigenvalue weighted by Crippen LogP contribution is 2.23. The van der Waals surface area contributed by atoms with Gasteiger partial charge in [-0.05, 0) is 18.6 Å². The van der Waals surface area contributed by atoms with Crippen LogP contribution in [0.25, 0.3) is 0 Å². The number of hydrogen-bond donors (Lipinski definition) is 2. The maximum Gasteiger partial charge on any atom is 0.697 e. The number of benzene rings is 1. The number of fused-ring (bicyclic) bond motifs is 1. The average Bonchev–Trinajstić information content (AvgIpc) is 2.63. The minimum Gasteiger partial charge on any atom is -0.364 e. The lowest BCUT2D eigenvalue weighted by molar-refractivity contribution is -0.0264. The summed E-state index contributed by atoms with van der Waals surface area (Å²) in [5.74, 6) is -0.733. The van der Waals surface area contributed by atoms with Gasteiger partial charge in [0.25, 0.3) is 11.8 Å². The molecule has 8 heteroatoms. The summed E-state index contributed by atoms with van der Waals surface area (Å²) in [6, 6.07) is 6.54. The van der Waals surface area contributed by atoms with E-state index in [1.165, 1.54) is 0 Å². The molecule has 0 saturated heterocycles. The summed E-state index contributed by atoms with van der Waals surface area (Å²) in [5, 5.41) is 9.24. The first-order chi connectivity index (χ1) is 9.50. The highest BCUT2D eigenvalue weighted by Gasteiger charge is 2.34. The Bertz CT molecular complexity index is 526. The van der Waals surface area contributed by atoms with Crippen LogP contribution in [0.3, 0.4) is 0 Å². The fraction of sp³-hybridized carbons (Fsp3) is 0.333. The molecule has 0 radical (unpaired) electrons. The summed E-state index contributed by atoms with van der Waals surface area (Å²) in [5.41, 5.74) is 0.737. The first kappa shape index (κ1) is 14.7. The molecule has 2 atom stereocenters. The molecule has 0 saturated carbocycles. The molecule has 2 amide bonds. The molecule has 0 aromatic heterocycles. The number of amides is 2. The van der Waals surface area contributed by atoms with Gasteiger partial charge in [0.2, 0.25) is 6.29 Å². The van der Waals surface area contributed by atoms with E-state index in [0.717, 1.165) is 4.90 Å². The monoisotopic (exact) mass is 298 g/mol. The van der Waals surface area contributed by atoms with Gasteiger partial charge in [-0.1, -0.05) is 16.7 Å². The number of aliphatic hydroxyl groups excluding tert-OH is 1. The molecule has 106 valence electrons. The van der Waals surface area contributed by atoms with Gasteiger partial charge in [0.15, 0.2) is 0 Å². The third kappa shape index (κ3) is 3.08. The van der Waals surface area contributed by atoms with Crippen molar-refractivity contribution in [2.45, 2.75) is 19.1 Å². The van der Waals surface area contributed by atoms with Crippen molar-refractivity contribution in [3.8, 4) is 0 Å². The summed E-state index contributed by atoms with van der Waals surface area (Å²) < 4.78 is 14.6. The molecule has 2 N–H and O–H groups in total. The van der Waals surface area contributed by atoms with Crippen LogP contribution in [0.5, 0.6) is 0 Å². The van der Waals surface area contributed by atoms with Crippen molar-refractivity contribution >= 4 is 20.1 Å². The molecule has 0 aliphatic carbocycles. The van der Waals surface area contributed by atoms with Crippen LogP contribution in [-0.4, -0.2) is 39.5 Å². The minimum absolute atomic E-state index is 0.0506. The first-order valence-corrected chi connectivity index (χ1v) is 7.10. The van der Waals surface area contributed by atoms with Gasteiger partial charge in [-0.2, -0.15) is 0 Å². The third-order valence-corrected chi connectivity index (χ3v) is 3.35. The fourth-order valence-corrected chi connectivity index (χ4v) is 2.34. The van der Waals surface area contributed by atoms with E-state index in [4.69, 9.17) is 4.89 Å². The Hall–Kier alpha value is -1.66. The van der Waals surface area contributed by atoms with E-state index in [2.05, 4.69) is 4.52 Å². The summed E-state index contributed by atoms with van der Waals surface area (Å²) in [7, 11) is -2.87. The lowest BCUT2D eigenvalue weighted by Gasteiger charge is -2.13. The number of carbonyl (C=O) groups is 2. The molecule has 2 rings (SSSR count). The van der Waals surface area contributed by atoms with Crippen LogP contribution in [0.1, 0.15) is 33.6 Å². The van der Waals surface area contributed by atoms with Crippen molar-refractivity contribution in [3.05, 3.63) is 35.4 Å². The number of carbonyl (C=O) groups excluding carboxylic acids is 2. The van der Waals surface area contributed by atoms with E-state index >= 15 is 0 Å². The van der Waals surface area contributed by atoms with Crippen molar-refractivity contribution in [1.29, 1.82) is 0 Å². The lowest BCUT2D eigenvalue weighted by atomic mass is 10.1. The smallest absolute Gasteiger partial charge is 0.364 e. The second-order valence-corrected chi connectivity index (χ2v) is 4.93. The van der Waals surface area contributed by atoms with Crippen molar-refractivity contribution in [2.24, 2.45) is 0 Å². The van der Waals surface area contributed by atoms with E-state index in [0.29, 0.717) is 11.1 Å². The number of rotatable bonds is 6. The van der Waals surface area contributed by atoms with Crippen LogP contribution in [0.4, 0.5) is 0 Å². The van der Waals surface area contributed by atoms with Gasteiger partial charge < -0.3 is 5.11 Å². The standard InChI is InChI=1S/C12H12NO6P/c14-10(19-20(17)18)6-3-7-13-11(15)8-4-1-2-5-9(8)12(13)16/h1-2,4-5,10,14H,3,6-7H2/p+1. The molecule has 0 bridgehead atoms. The molecule has 0 spiro atoms. The Morgan fingerprint density at radius 1 is 1.20 bits per heavy atom. The predicted octanol–water partition coefficient (Wildman–Crippen LogP) is 1.05. The van der Waals surface area contributed by atoms with Gasteiger partial charge >= 0.3 is 8.25 Å². The molecule has 1 aromatic carbocycles. The molecule has 1 aliphatic heterocycles. The van der Waals surface area contributed by atoms with Crippen LogP contribution in [-0.2, 0) is 9.09 Å². The van der Waals surface area contributed by atoms with Crippen LogP contribution in [0.2, 0.25) is 0 Å². The SMILES string of the molecule is O=C1c2ccccc2C(=O)N1CCCC(O)O[P+](=O)O. The highest BCUT2D eigenvalue weighted by atomic mass is 31.1. The van der Waals surface area contributed by atoms with Gasteiger partial charge in [0.1, 0.15) is 0 Å². The van der Waals surface area contributed by atoms with Crippen LogP contribution >= 0.6 is 8.25 Å². The van der Waals surface area contributed by atoms with Crippen molar-refractivity contribution in [1.82, 2.24) is 4.90 Å². The number of imide groups is 1. The molecule has 1 aliphatic rings. The average molecular weight is 298 g/mol. The molecular weight excluding hydrogens is 285 g/mol. The van der Waals surface area contributed by atoms with Gasteiger partial charge in [-0.25, -0.2) is 0 Å². The second-order valence-electron chi connectivity index (χ2n) is 4.25. The van der Waals surface area contributed by atoms with Gasteiger partial charge in [-0.3, -0.25) is 14.5 Å². The maximum absolute atomic E-state index is 12.0. The molecule has 20 heavy (non-hydrogen) atoms. The Labute approximate surface area is 115 Å². The van der Waals surface area contributed by atoms with Crippen LogP contribution in [0, 0.1) is 0 Å². The van der Waals surface area contributed by atoms with Crippen molar-refractivity contribution in [3.63, 3.8) is 0 Å². The maximum atomic E-state index is 12.0. The fourth-order valence-electron chi connectivity index (χ4n) is 2.02. The van der Waals surface area contributed by atoms with E-state index in [9.17, 15) is 19.3 Å². The Balaban J connectivity index is 1.91. The van der Waals surface area contributed by atoms with E-state index in [-0.39, 0.29) is 31.2 Å². The molecule has 1 aromatic rings. The number of nitrogens with zero attached hydrogens (tertiary/aromatic N) is 1. The van der Waals surface area contributed by atoms with Crippen molar-refractivity contribution in [2.75, 3.05) is 6.54 Å². The summed E-state index contributed by atoms with van der Waals surface area (Å²) >= 11 is 0. The zero-order valence-electron chi connectivity index (χ0n) is 10.4. The topological polar surface area (TPSA) is 104 Å². The van der Waals surface area contributed by atoms with Crippen LogP contribution in [0.15, 0.2) is 24.3 Å². The van der Waals surface area contributed by atoms with Gasteiger partial charge in [-0.15, -0.1) is 4.89 Å². The molecule has 2 unspecified atom stereocenters. The quantitative estimate of drug-likeness (QED) is 0.462.